The Morgan fingerprint density at radius 1 is 0.875 bits per heavy atom. The van der Waals surface area contributed by atoms with Gasteiger partial charge in [-0.1, -0.05) is 60.1 Å². The minimum Gasteiger partial charge on any atom is -0.481 e. The molecular weight excluding hydrogens is 498 g/mol. The first-order chi connectivity index (χ1) is 18.5. The number of carboxylic acids is 1. The van der Waals surface area contributed by atoms with Crippen LogP contribution in [0.5, 0.6) is 0 Å². The second-order valence-corrected chi connectivity index (χ2v) is 17.2. The van der Waals surface area contributed by atoms with Crippen molar-refractivity contribution < 1.29 is 19.5 Å². The third-order valence-electron chi connectivity index (χ3n) is 14.6. The molecule has 6 aliphatic rings. The van der Waals surface area contributed by atoms with Gasteiger partial charge < -0.3 is 10.4 Å². The van der Waals surface area contributed by atoms with Crippen molar-refractivity contribution in [1.82, 2.24) is 5.32 Å². The first kappa shape index (κ1) is 28.5. The maximum atomic E-state index is 13.9. The van der Waals surface area contributed by atoms with Crippen LogP contribution in [0.3, 0.4) is 0 Å². The molecule has 5 heteroatoms. The van der Waals surface area contributed by atoms with Crippen molar-refractivity contribution in [3.63, 3.8) is 0 Å². The number of carbonyl (C=O) groups excluding carboxylic acids is 2. The number of carboxylic acid groups (broad SMARTS) is 1. The Kier molecular flexibility index (Phi) is 6.19. The van der Waals surface area contributed by atoms with E-state index >= 15 is 0 Å². The number of hydrogen-bond acceptors (Lipinski definition) is 3. The fourth-order valence-corrected chi connectivity index (χ4v) is 11.7. The van der Waals surface area contributed by atoms with Gasteiger partial charge in [0.1, 0.15) is 0 Å². The van der Waals surface area contributed by atoms with Crippen LogP contribution in [-0.2, 0) is 14.4 Å². The summed E-state index contributed by atoms with van der Waals surface area (Å²) >= 11 is 0. The molecule has 0 spiro atoms. The molecule has 8 atom stereocenters. The number of ketones is 1. The lowest BCUT2D eigenvalue weighted by molar-refractivity contribution is -0.195. The number of hydrogen-bond donors (Lipinski definition) is 2. The number of rotatable bonds is 3. The van der Waals surface area contributed by atoms with Crippen LogP contribution in [0.1, 0.15) is 126 Å². The van der Waals surface area contributed by atoms with Gasteiger partial charge >= 0.3 is 5.97 Å². The summed E-state index contributed by atoms with van der Waals surface area (Å²) in [6, 6.07) is 0.237. The molecule has 5 nitrogen and oxygen atoms in total. The molecule has 6 rings (SSSR count). The average molecular weight is 552 g/mol. The van der Waals surface area contributed by atoms with Gasteiger partial charge in [0, 0.05) is 11.5 Å². The summed E-state index contributed by atoms with van der Waals surface area (Å²) < 4.78 is 0. The lowest BCUT2D eigenvalue weighted by Gasteiger charge is -2.70. The van der Waals surface area contributed by atoms with Crippen molar-refractivity contribution in [3.8, 4) is 0 Å². The third-order valence-corrected chi connectivity index (χ3v) is 14.6. The van der Waals surface area contributed by atoms with Gasteiger partial charge in [0.15, 0.2) is 5.78 Å². The van der Waals surface area contributed by atoms with E-state index in [0.29, 0.717) is 12.3 Å². The number of carbonyl (C=O) groups is 3. The largest absolute Gasteiger partial charge is 0.481 e. The molecule has 5 saturated carbocycles. The molecule has 222 valence electrons. The Morgan fingerprint density at radius 3 is 2.17 bits per heavy atom. The van der Waals surface area contributed by atoms with Crippen molar-refractivity contribution in [2.24, 2.45) is 56.2 Å². The van der Waals surface area contributed by atoms with Crippen LogP contribution >= 0.6 is 0 Å². The molecule has 1 amide bonds. The standard InChI is InChI=1S/C35H53NO4/c1-30(2)15-17-35(29(39)40)18-16-33(6)23(24(35)20-30)11-12-26-32(5)19-22(28(38)36-21-9-8-10-21)27(37)31(3,4)25(32)13-14-34(26,33)7/h11,21-22,24-26H,8-10,12-20H2,1-7H3,(H,36,38)(H,39,40)/t22?,24?,25?,26?,32-,33+,34+,35-/m0/s1. The lowest BCUT2D eigenvalue weighted by Crippen LogP contribution is -2.66. The highest BCUT2D eigenvalue weighted by Gasteiger charge is 2.70. The molecule has 0 heterocycles. The fraction of sp³-hybridized carbons (Fsp3) is 0.857. The highest BCUT2D eigenvalue weighted by atomic mass is 16.4. The number of fused-ring (bicyclic) bond motifs is 7. The zero-order chi connectivity index (χ0) is 29.1. The predicted octanol–water partition coefficient (Wildman–Crippen LogP) is 7.34. The van der Waals surface area contributed by atoms with E-state index in [2.05, 4.69) is 59.9 Å². The average Bonchev–Trinajstić information content (AvgIpc) is 2.83. The van der Waals surface area contributed by atoms with E-state index in [1.54, 1.807) is 0 Å². The molecule has 5 fully saturated rings. The van der Waals surface area contributed by atoms with E-state index < -0.39 is 22.7 Å². The lowest BCUT2D eigenvalue weighted by atomic mass is 9.33. The number of amides is 1. The summed E-state index contributed by atoms with van der Waals surface area (Å²) in [4.78, 5) is 40.4. The minimum absolute atomic E-state index is 0.0139. The Balaban J connectivity index is 1.40. The molecular formula is C35H53NO4. The molecule has 2 N–H and O–H groups in total. The minimum atomic E-state index is -0.630. The Morgan fingerprint density at radius 2 is 1.55 bits per heavy atom. The summed E-state index contributed by atoms with van der Waals surface area (Å²) in [7, 11) is 0. The van der Waals surface area contributed by atoms with Gasteiger partial charge in [0.25, 0.3) is 0 Å². The molecule has 6 aliphatic carbocycles. The SMILES string of the molecule is CC1(C)CC[C@]2(C(=O)O)CC[C@]3(C)C(=CCC4[C@@]5(C)CC(C(=O)NC6CCC6)C(=O)C(C)(C)C5CC[C@]43C)C2C1. The molecule has 0 saturated heterocycles. The van der Waals surface area contributed by atoms with E-state index in [0.717, 1.165) is 70.6 Å². The highest BCUT2D eigenvalue weighted by Crippen LogP contribution is 2.75. The van der Waals surface area contributed by atoms with E-state index in [-0.39, 0.29) is 51.2 Å². The number of aliphatic carboxylic acids is 1. The maximum absolute atomic E-state index is 13.9. The Hall–Kier alpha value is -1.65. The zero-order valence-corrected chi connectivity index (χ0v) is 26.1. The van der Waals surface area contributed by atoms with Gasteiger partial charge in [-0.2, -0.15) is 0 Å². The van der Waals surface area contributed by atoms with Crippen LogP contribution in [0.4, 0.5) is 0 Å². The van der Waals surface area contributed by atoms with E-state index in [4.69, 9.17) is 0 Å². The van der Waals surface area contributed by atoms with E-state index in [1.165, 1.54) is 5.57 Å². The van der Waals surface area contributed by atoms with Crippen molar-refractivity contribution >= 4 is 17.7 Å². The summed E-state index contributed by atoms with van der Waals surface area (Å²) in [6.07, 6.45) is 13.7. The molecule has 0 aromatic carbocycles. The van der Waals surface area contributed by atoms with Gasteiger partial charge in [0.2, 0.25) is 5.91 Å². The third kappa shape index (κ3) is 3.60. The molecule has 0 radical (unpaired) electrons. The topological polar surface area (TPSA) is 83.5 Å². The molecule has 40 heavy (non-hydrogen) atoms. The van der Waals surface area contributed by atoms with Gasteiger partial charge in [-0.3, -0.25) is 14.4 Å². The van der Waals surface area contributed by atoms with Crippen LogP contribution in [0.2, 0.25) is 0 Å². The van der Waals surface area contributed by atoms with Gasteiger partial charge in [-0.25, -0.2) is 0 Å². The summed E-state index contributed by atoms with van der Waals surface area (Å²) in [6.45, 7) is 16.2. The van der Waals surface area contributed by atoms with Gasteiger partial charge in [-0.15, -0.1) is 0 Å². The molecule has 4 unspecified atom stereocenters. The van der Waals surface area contributed by atoms with Crippen molar-refractivity contribution in [1.29, 1.82) is 0 Å². The monoisotopic (exact) mass is 551 g/mol. The number of nitrogens with one attached hydrogen (secondary N) is 1. The Labute approximate surface area is 241 Å². The molecule has 0 aliphatic heterocycles. The van der Waals surface area contributed by atoms with Crippen molar-refractivity contribution in [2.45, 2.75) is 132 Å². The fourth-order valence-electron chi connectivity index (χ4n) is 11.7. The smallest absolute Gasteiger partial charge is 0.310 e. The maximum Gasteiger partial charge on any atom is 0.310 e. The second kappa shape index (κ2) is 8.69. The summed E-state index contributed by atoms with van der Waals surface area (Å²) in [5.41, 5.74) is 0.258. The van der Waals surface area contributed by atoms with Crippen molar-refractivity contribution in [3.05, 3.63) is 11.6 Å². The quantitative estimate of drug-likeness (QED) is 0.284. The van der Waals surface area contributed by atoms with Crippen LogP contribution in [-0.4, -0.2) is 28.8 Å². The first-order valence-electron chi connectivity index (χ1n) is 16.3. The van der Waals surface area contributed by atoms with Crippen LogP contribution in [0.15, 0.2) is 11.6 Å². The van der Waals surface area contributed by atoms with Crippen LogP contribution in [0, 0.1) is 56.2 Å². The number of Topliss-reactive ketones (excluding diaryl/α,β-unsaturated/α-hetero) is 1. The normalized spacial score (nSPS) is 47.4. The van der Waals surface area contributed by atoms with E-state index in [1.807, 2.05) is 0 Å². The van der Waals surface area contributed by atoms with Gasteiger partial charge in [-0.05, 0) is 116 Å². The highest BCUT2D eigenvalue weighted by molar-refractivity contribution is 6.04. The van der Waals surface area contributed by atoms with E-state index in [9.17, 15) is 19.5 Å². The van der Waals surface area contributed by atoms with Crippen LogP contribution in [0.25, 0.3) is 0 Å². The van der Waals surface area contributed by atoms with Crippen LogP contribution < -0.4 is 5.32 Å². The summed E-state index contributed by atoms with van der Waals surface area (Å²) in [5.74, 6) is -0.334. The van der Waals surface area contributed by atoms with Gasteiger partial charge in [0.05, 0.1) is 11.3 Å². The zero-order valence-electron chi connectivity index (χ0n) is 26.1. The number of allylic oxidation sites excluding steroid dienone is 2. The summed E-state index contributed by atoms with van der Waals surface area (Å²) in [5, 5.41) is 13.8. The Bertz CT molecular complexity index is 1160. The molecule has 0 aromatic rings. The molecule has 0 aromatic heterocycles. The van der Waals surface area contributed by atoms with Crippen molar-refractivity contribution in [2.75, 3.05) is 0 Å². The second-order valence-electron chi connectivity index (χ2n) is 17.2. The first-order valence-corrected chi connectivity index (χ1v) is 16.3. The predicted molar refractivity (Wildman–Crippen MR) is 156 cm³/mol. The molecule has 0 bridgehead atoms.